The van der Waals surface area contributed by atoms with Crippen LogP contribution in [0.5, 0.6) is 11.5 Å². The van der Waals surface area contributed by atoms with E-state index in [1.54, 1.807) is 6.07 Å². The molecule has 1 aromatic carbocycles. The van der Waals surface area contributed by atoms with E-state index >= 15 is 0 Å². The molecule has 0 radical (unpaired) electrons. The molecule has 1 aromatic rings. The van der Waals surface area contributed by atoms with Crippen LogP contribution < -0.4 is 10.1 Å². The highest BCUT2D eigenvalue weighted by atomic mass is 79.9. The molecule has 0 bridgehead atoms. The van der Waals surface area contributed by atoms with E-state index in [0.717, 1.165) is 18.4 Å². The van der Waals surface area contributed by atoms with Crippen LogP contribution in [0.25, 0.3) is 0 Å². The average Bonchev–Trinajstić information content (AvgIpc) is 2.44. The SMILES string of the molecule is CCC(CC)(CO)NCc1cc(Br)c(O)c(OC)c1. The monoisotopic (exact) mass is 331 g/mol. The highest BCUT2D eigenvalue weighted by Crippen LogP contribution is 2.35. The molecular formula is C14H22BrNO3. The second-order valence-corrected chi connectivity index (χ2v) is 5.48. The zero-order valence-corrected chi connectivity index (χ0v) is 13.2. The number of aliphatic hydroxyl groups is 1. The zero-order valence-electron chi connectivity index (χ0n) is 11.7. The Morgan fingerprint density at radius 3 is 2.42 bits per heavy atom. The van der Waals surface area contributed by atoms with Gasteiger partial charge in [0.1, 0.15) is 0 Å². The summed E-state index contributed by atoms with van der Waals surface area (Å²) in [5.41, 5.74) is 0.735. The van der Waals surface area contributed by atoms with Crippen LogP contribution >= 0.6 is 15.9 Å². The van der Waals surface area contributed by atoms with Gasteiger partial charge in [0.15, 0.2) is 11.5 Å². The lowest BCUT2D eigenvalue weighted by molar-refractivity contribution is 0.149. The highest BCUT2D eigenvalue weighted by Gasteiger charge is 2.24. The topological polar surface area (TPSA) is 61.7 Å². The van der Waals surface area contributed by atoms with Crippen LogP contribution in [-0.4, -0.2) is 29.5 Å². The fourth-order valence-electron chi connectivity index (χ4n) is 1.95. The van der Waals surface area contributed by atoms with Gasteiger partial charge in [0.2, 0.25) is 0 Å². The second kappa shape index (κ2) is 7.12. The molecule has 0 atom stereocenters. The number of hydrogen-bond donors (Lipinski definition) is 3. The first-order chi connectivity index (χ1) is 9.01. The number of methoxy groups -OCH3 is 1. The number of halogens is 1. The van der Waals surface area contributed by atoms with E-state index in [4.69, 9.17) is 4.74 Å². The van der Waals surface area contributed by atoms with Crippen molar-refractivity contribution in [1.82, 2.24) is 5.32 Å². The van der Waals surface area contributed by atoms with E-state index in [1.807, 2.05) is 6.07 Å². The van der Waals surface area contributed by atoms with Crippen LogP contribution in [0.3, 0.4) is 0 Å². The number of hydrogen-bond acceptors (Lipinski definition) is 4. The molecular weight excluding hydrogens is 310 g/mol. The summed E-state index contributed by atoms with van der Waals surface area (Å²) in [6.45, 7) is 4.83. The van der Waals surface area contributed by atoms with Crippen molar-refractivity contribution in [2.45, 2.75) is 38.8 Å². The van der Waals surface area contributed by atoms with E-state index in [0.29, 0.717) is 16.8 Å². The minimum absolute atomic E-state index is 0.102. The van der Waals surface area contributed by atoms with Gasteiger partial charge in [-0.2, -0.15) is 0 Å². The number of aromatic hydroxyl groups is 1. The van der Waals surface area contributed by atoms with Gasteiger partial charge in [-0.15, -0.1) is 0 Å². The van der Waals surface area contributed by atoms with Gasteiger partial charge in [-0.1, -0.05) is 13.8 Å². The molecule has 1 rings (SSSR count). The van der Waals surface area contributed by atoms with E-state index in [9.17, 15) is 10.2 Å². The Morgan fingerprint density at radius 2 is 1.95 bits per heavy atom. The summed E-state index contributed by atoms with van der Waals surface area (Å²) in [5.74, 6) is 0.541. The van der Waals surface area contributed by atoms with Crippen molar-refractivity contribution < 1.29 is 14.9 Å². The minimum atomic E-state index is -0.252. The van der Waals surface area contributed by atoms with E-state index in [2.05, 4.69) is 35.1 Å². The third-order valence-corrected chi connectivity index (χ3v) is 4.24. The summed E-state index contributed by atoms with van der Waals surface area (Å²) < 4.78 is 5.72. The Kier molecular flexibility index (Phi) is 6.10. The molecule has 19 heavy (non-hydrogen) atoms. The van der Waals surface area contributed by atoms with Crippen molar-refractivity contribution >= 4 is 15.9 Å². The van der Waals surface area contributed by atoms with Crippen molar-refractivity contribution in [3.05, 3.63) is 22.2 Å². The molecule has 4 nitrogen and oxygen atoms in total. The molecule has 3 N–H and O–H groups in total. The fraction of sp³-hybridized carbons (Fsp3) is 0.571. The van der Waals surface area contributed by atoms with Crippen molar-refractivity contribution in [2.75, 3.05) is 13.7 Å². The number of rotatable bonds is 7. The van der Waals surface area contributed by atoms with E-state index in [1.165, 1.54) is 7.11 Å². The molecule has 0 aliphatic carbocycles. The maximum absolute atomic E-state index is 9.76. The van der Waals surface area contributed by atoms with Crippen molar-refractivity contribution in [1.29, 1.82) is 0 Å². The molecule has 108 valence electrons. The van der Waals surface area contributed by atoms with Gasteiger partial charge in [0.25, 0.3) is 0 Å². The first-order valence-electron chi connectivity index (χ1n) is 6.43. The Labute approximate surface area is 122 Å². The first-order valence-corrected chi connectivity index (χ1v) is 7.22. The van der Waals surface area contributed by atoms with Gasteiger partial charge in [-0.05, 0) is 46.5 Å². The summed E-state index contributed by atoms with van der Waals surface area (Å²) >= 11 is 3.30. The first kappa shape index (κ1) is 16.3. The molecule has 0 heterocycles. The number of phenols is 1. The maximum Gasteiger partial charge on any atom is 0.172 e. The third kappa shape index (κ3) is 3.84. The van der Waals surface area contributed by atoms with Crippen molar-refractivity contribution in [2.24, 2.45) is 0 Å². The van der Waals surface area contributed by atoms with E-state index < -0.39 is 0 Å². The lowest BCUT2D eigenvalue weighted by Crippen LogP contribution is -2.47. The standard InChI is InChI=1S/C14H22BrNO3/c1-4-14(5-2,9-17)16-8-10-6-11(15)13(18)12(7-10)19-3/h6-7,16-18H,4-5,8-9H2,1-3H3. The predicted molar refractivity (Wildman–Crippen MR) is 79.6 cm³/mol. The lowest BCUT2D eigenvalue weighted by Gasteiger charge is -2.31. The Morgan fingerprint density at radius 1 is 1.32 bits per heavy atom. The van der Waals surface area contributed by atoms with Gasteiger partial charge in [0, 0.05) is 12.1 Å². The Bertz CT molecular complexity index is 411. The van der Waals surface area contributed by atoms with E-state index in [-0.39, 0.29) is 17.9 Å². The number of nitrogens with one attached hydrogen (secondary N) is 1. The smallest absolute Gasteiger partial charge is 0.172 e. The van der Waals surface area contributed by atoms with Crippen LogP contribution in [0.15, 0.2) is 16.6 Å². The molecule has 0 fully saturated rings. The van der Waals surface area contributed by atoms with Gasteiger partial charge in [-0.25, -0.2) is 0 Å². The molecule has 5 heteroatoms. The van der Waals surface area contributed by atoms with Crippen LogP contribution in [0.2, 0.25) is 0 Å². The molecule has 0 aliphatic rings. The lowest BCUT2D eigenvalue weighted by atomic mass is 9.93. The number of ether oxygens (including phenoxy) is 1. The molecule has 0 aliphatic heterocycles. The maximum atomic E-state index is 9.76. The Balaban J connectivity index is 2.86. The normalized spacial score (nSPS) is 11.6. The summed E-state index contributed by atoms with van der Waals surface area (Å²) in [4.78, 5) is 0. The molecule has 0 saturated carbocycles. The van der Waals surface area contributed by atoms with Crippen molar-refractivity contribution in [3.8, 4) is 11.5 Å². The van der Waals surface area contributed by atoms with Crippen LogP contribution in [0.4, 0.5) is 0 Å². The van der Waals surface area contributed by atoms with Crippen molar-refractivity contribution in [3.63, 3.8) is 0 Å². The molecule has 0 aromatic heterocycles. The third-order valence-electron chi connectivity index (χ3n) is 3.63. The largest absolute Gasteiger partial charge is 0.503 e. The summed E-state index contributed by atoms with van der Waals surface area (Å²) in [6.07, 6.45) is 1.72. The second-order valence-electron chi connectivity index (χ2n) is 4.63. The molecule has 0 spiro atoms. The molecule has 0 saturated heterocycles. The highest BCUT2D eigenvalue weighted by molar-refractivity contribution is 9.10. The Hall–Kier alpha value is -0.780. The number of phenolic OH excluding ortho intramolecular Hbond substituents is 1. The summed E-state index contributed by atoms with van der Waals surface area (Å²) in [5, 5.41) is 22.7. The number of aliphatic hydroxyl groups excluding tert-OH is 1. The van der Waals surface area contributed by atoms with Gasteiger partial charge >= 0.3 is 0 Å². The van der Waals surface area contributed by atoms with Crippen LogP contribution in [0, 0.1) is 0 Å². The van der Waals surface area contributed by atoms with Crippen LogP contribution in [0.1, 0.15) is 32.3 Å². The summed E-state index contributed by atoms with van der Waals surface area (Å²) in [7, 11) is 1.52. The molecule has 0 amide bonds. The summed E-state index contributed by atoms with van der Waals surface area (Å²) in [6, 6.07) is 3.64. The minimum Gasteiger partial charge on any atom is -0.503 e. The predicted octanol–water partition coefficient (Wildman–Crippen LogP) is 2.80. The zero-order chi connectivity index (χ0) is 14.5. The quantitative estimate of drug-likeness (QED) is 0.719. The van der Waals surface area contributed by atoms with Crippen LogP contribution in [-0.2, 0) is 6.54 Å². The van der Waals surface area contributed by atoms with Gasteiger partial charge in [0.05, 0.1) is 18.2 Å². The number of benzene rings is 1. The van der Waals surface area contributed by atoms with Gasteiger partial charge < -0.3 is 20.3 Å². The van der Waals surface area contributed by atoms with Gasteiger partial charge in [-0.3, -0.25) is 0 Å². The average molecular weight is 332 g/mol. The molecule has 0 unspecified atom stereocenters. The fourth-order valence-corrected chi connectivity index (χ4v) is 2.44.